The van der Waals surface area contributed by atoms with E-state index in [2.05, 4.69) is 5.32 Å². The van der Waals surface area contributed by atoms with Gasteiger partial charge in [0.15, 0.2) is 0 Å². The largest absolute Gasteiger partial charge is 0.462 e. The Morgan fingerprint density at radius 1 is 1.06 bits per heavy atom. The maximum absolute atomic E-state index is 13.1. The van der Waals surface area contributed by atoms with Crippen molar-refractivity contribution in [2.45, 2.75) is 26.7 Å². The number of hydrogen-bond acceptors (Lipinski definition) is 5. The number of halogens is 1. The molecule has 1 heterocycles. The lowest BCUT2D eigenvalue weighted by atomic mass is 10.1. The fourth-order valence-electron chi connectivity index (χ4n) is 3.08. The highest BCUT2D eigenvalue weighted by molar-refractivity contribution is 6.60. The maximum atomic E-state index is 13.1. The molecule has 3 rings (SSSR count). The van der Waals surface area contributed by atoms with Crippen LogP contribution in [0.5, 0.6) is 0 Å². The van der Waals surface area contributed by atoms with Crippen LogP contribution in [0.4, 0.5) is 11.4 Å². The van der Waals surface area contributed by atoms with Crippen LogP contribution in [0.2, 0.25) is 0 Å². The lowest BCUT2D eigenvalue weighted by molar-refractivity contribution is -0.120. The van der Waals surface area contributed by atoms with E-state index in [0.717, 1.165) is 17.7 Å². The Bertz CT molecular complexity index is 1080. The third kappa shape index (κ3) is 4.83. The number of esters is 1. The summed E-state index contributed by atoms with van der Waals surface area (Å²) < 4.78 is 5.20. The highest BCUT2D eigenvalue weighted by Crippen LogP contribution is 2.35. The molecule has 0 saturated heterocycles. The topological polar surface area (TPSA) is 92.8 Å². The molecule has 0 fully saturated rings. The molecular weight excluding hydrogens is 420 g/mol. The monoisotopic (exact) mass is 440 g/mol. The van der Waals surface area contributed by atoms with Crippen LogP contribution in [0.25, 0.3) is 5.57 Å². The highest BCUT2D eigenvalue weighted by atomic mass is 35.5. The molecule has 1 aliphatic heterocycles. The Morgan fingerprint density at radius 2 is 1.77 bits per heavy atom. The molecule has 0 aromatic heterocycles. The predicted octanol–water partition coefficient (Wildman–Crippen LogP) is 4.13. The summed E-state index contributed by atoms with van der Waals surface area (Å²) in [4.78, 5) is 50.1. The molecule has 0 saturated carbocycles. The number of amides is 3. The van der Waals surface area contributed by atoms with E-state index < -0.39 is 17.8 Å². The van der Waals surface area contributed by atoms with Crippen molar-refractivity contribution in [3.05, 3.63) is 64.7 Å². The van der Waals surface area contributed by atoms with E-state index in [1.165, 1.54) is 13.0 Å². The van der Waals surface area contributed by atoms with Crippen molar-refractivity contribution in [2.75, 3.05) is 16.8 Å². The van der Waals surface area contributed by atoms with E-state index in [-0.39, 0.29) is 27.8 Å². The van der Waals surface area contributed by atoms with Gasteiger partial charge in [0.05, 0.1) is 23.4 Å². The van der Waals surface area contributed by atoms with Gasteiger partial charge < -0.3 is 10.1 Å². The molecule has 1 aliphatic rings. The zero-order valence-electron chi connectivity index (χ0n) is 17.1. The van der Waals surface area contributed by atoms with Gasteiger partial charge in [-0.25, -0.2) is 9.69 Å². The van der Waals surface area contributed by atoms with Gasteiger partial charge in [0.25, 0.3) is 11.8 Å². The van der Waals surface area contributed by atoms with Crippen LogP contribution in [0, 0.1) is 0 Å². The van der Waals surface area contributed by atoms with Crippen LogP contribution in [0.15, 0.2) is 53.6 Å². The van der Waals surface area contributed by atoms with Crippen molar-refractivity contribution >= 4 is 52.2 Å². The Kier molecular flexibility index (Phi) is 6.87. The number of ether oxygens (including phenoxy) is 1. The van der Waals surface area contributed by atoms with Crippen molar-refractivity contribution in [3.63, 3.8) is 0 Å². The number of carbonyl (C=O) groups excluding carboxylic acids is 4. The van der Waals surface area contributed by atoms with Crippen molar-refractivity contribution in [1.82, 2.24) is 0 Å². The molecule has 31 heavy (non-hydrogen) atoms. The first-order valence-corrected chi connectivity index (χ1v) is 10.1. The number of nitrogens with zero attached hydrogens (tertiary/aromatic N) is 1. The molecule has 0 bridgehead atoms. The van der Waals surface area contributed by atoms with Gasteiger partial charge >= 0.3 is 5.97 Å². The minimum absolute atomic E-state index is 0.0527. The highest BCUT2D eigenvalue weighted by Gasteiger charge is 2.39. The number of imide groups is 1. The Morgan fingerprint density at radius 3 is 2.42 bits per heavy atom. The maximum Gasteiger partial charge on any atom is 0.338 e. The van der Waals surface area contributed by atoms with Crippen molar-refractivity contribution < 1.29 is 23.9 Å². The number of unbranched alkanes of at least 4 members (excludes halogenated alkanes) is 1. The molecule has 2 aromatic rings. The minimum Gasteiger partial charge on any atom is -0.462 e. The van der Waals surface area contributed by atoms with E-state index in [9.17, 15) is 19.2 Å². The van der Waals surface area contributed by atoms with Gasteiger partial charge in [-0.2, -0.15) is 0 Å². The van der Waals surface area contributed by atoms with Crippen LogP contribution in [0.3, 0.4) is 0 Å². The van der Waals surface area contributed by atoms with Crippen LogP contribution in [-0.4, -0.2) is 30.3 Å². The number of nitrogens with one attached hydrogen (secondary N) is 1. The number of benzene rings is 2. The molecule has 0 aliphatic carbocycles. The molecule has 160 valence electrons. The van der Waals surface area contributed by atoms with E-state index in [1.54, 1.807) is 42.5 Å². The first kappa shape index (κ1) is 22.2. The molecule has 0 atom stereocenters. The minimum atomic E-state index is -0.677. The van der Waals surface area contributed by atoms with Crippen molar-refractivity contribution in [2.24, 2.45) is 0 Å². The average molecular weight is 441 g/mol. The number of anilines is 2. The van der Waals surface area contributed by atoms with Crippen molar-refractivity contribution in [1.29, 1.82) is 0 Å². The molecule has 2 aromatic carbocycles. The predicted molar refractivity (Wildman–Crippen MR) is 118 cm³/mol. The number of carbonyl (C=O) groups is 4. The molecule has 0 spiro atoms. The summed E-state index contributed by atoms with van der Waals surface area (Å²) in [5.74, 6) is -2.03. The molecule has 0 unspecified atom stereocenters. The zero-order valence-corrected chi connectivity index (χ0v) is 17.9. The van der Waals surface area contributed by atoms with Gasteiger partial charge in [0.1, 0.15) is 5.03 Å². The summed E-state index contributed by atoms with van der Waals surface area (Å²) in [5.41, 5.74) is 1.50. The molecular formula is C23H21ClN2O5. The first-order chi connectivity index (χ1) is 14.8. The summed E-state index contributed by atoms with van der Waals surface area (Å²) in [7, 11) is 0. The smallest absolute Gasteiger partial charge is 0.338 e. The fourth-order valence-corrected chi connectivity index (χ4v) is 3.35. The second-order valence-electron chi connectivity index (χ2n) is 6.93. The first-order valence-electron chi connectivity index (χ1n) is 9.77. The second kappa shape index (κ2) is 9.57. The molecule has 0 radical (unpaired) electrons. The third-order valence-electron chi connectivity index (χ3n) is 4.59. The van der Waals surface area contributed by atoms with E-state index in [4.69, 9.17) is 16.3 Å². The number of hydrogen-bond donors (Lipinski definition) is 1. The normalized spacial score (nSPS) is 13.6. The Hall–Kier alpha value is -3.45. The SMILES string of the molecule is CCCCOC(=O)c1cccc(N2C(=O)C(Cl)=C(c3ccc(NC(C)=O)cc3)C2=O)c1. The Labute approximate surface area is 184 Å². The van der Waals surface area contributed by atoms with Crippen LogP contribution in [-0.2, 0) is 19.1 Å². The van der Waals surface area contributed by atoms with Crippen molar-refractivity contribution in [3.8, 4) is 0 Å². The van der Waals surface area contributed by atoms with E-state index in [1.807, 2.05) is 6.92 Å². The Balaban J connectivity index is 1.85. The summed E-state index contributed by atoms with van der Waals surface area (Å²) >= 11 is 6.22. The van der Waals surface area contributed by atoms with Gasteiger partial charge in [-0.3, -0.25) is 14.4 Å². The average Bonchev–Trinajstić information content (AvgIpc) is 2.97. The van der Waals surface area contributed by atoms with Crippen LogP contribution < -0.4 is 10.2 Å². The lowest BCUT2D eigenvalue weighted by Gasteiger charge is -2.16. The summed E-state index contributed by atoms with van der Waals surface area (Å²) in [6.45, 7) is 3.67. The van der Waals surface area contributed by atoms with Crippen LogP contribution >= 0.6 is 11.6 Å². The molecule has 3 amide bonds. The van der Waals surface area contributed by atoms with Gasteiger partial charge in [-0.15, -0.1) is 0 Å². The summed E-state index contributed by atoms with van der Waals surface area (Å²) in [6.07, 6.45) is 1.64. The fraction of sp³-hybridized carbons (Fsp3) is 0.217. The van der Waals surface area contributed by atoms with Gasteiger partial charge in [-0.05, 0) is 42.3 Å². The lowest BCUT2D eigenvalue weighted by Crippen LogP contribution is -2.31. The molecule has 1 N–H and O–H groups in total. The number of rotatable bonds is 7. The van der Waals surface area contributed by atoms with Crippen LogP contribution in [0.1, 0.15) is 42.6 Å². The summed E-state index contributed by atoms with van der Waals surface area (Å²) in [5, 5.41) is 2.41. The molecule has 7 nitrogen and oxygen atoms in total. The standard InChI is InChI=1S/C23H21ClN2O5/c1-3-4-12-31-23(30)16-6-5-7-18(13-16)26-21(28)19(20(24)22(26)29)15-8-10-17(11-9-15)25-14(2)27/h5-11,13H,3-4,12H2,1-2H3,(H,25,27). The van der Waals surface area contributed by atoms with Gasteiger partial charge in [0.2, 0.25) is 5.91 Å². The summed E-state index contributed by atoms with van der Waals surface area (Å²) in [6, 6.07) is 12.5. The quantitative estimate of drug-likeness (QED) is 0.397. The van der Waals surface area contributed by atoms with Gasteiger partial charge in [0, 0.05) is 12.6 Å². The van der Waals surface area contributed by atoms with Gasteiger partial charge in [-0.1, -0.05) is 43.1 Å². The molecule has 8 heteroatoms. The third-order valence-corrected chi connectivity index (χ3v) is 4.94. The van der Waals surface area contributed by atoms with E-state index >= 15 is 0 Å². The van der Waals surface area contributed by atoms with E-state index in [0.29, 0.717) is 17.9 Å². The second-order valence-corrected chi connectivity index (χ2v) is 7.31. The zero-order chi connectivity index (χ0) is 22.5.